The Morgan fingerprint density at radius 2 is 2.36 bits per heavy atom. The fourth-order valence-corrected chi connectivity index (χ4v) is 0.998. The molecule has 0 fully saturated rings. The van der Waals surface area contributed by atoms with Crippen LogP contribution in [0.4, 0.5) is 0 Å². The standard InChI is InChI=1S/C7H7BrN2S/c1-5(10-11)6-2-3-7(8)9-4-6/h2-4,11H,1H3/b10-5+. The fraction of sp³-hybridized carbons (Fsp3) is 0.143. The molecule has 1 aromatic heterocycles. The first kappa shape index (κ1) is 8.74. The van der Waals surface area contributed by atoms with Crippen molar-refractivity contribution in [3.63, 3.8) is 0 Å². The van der Waals surface area contributed by atoms with Crippen LogP contribution in [-0.4, -0.2) is 10.7 Å². The Morgan fingerprint density at radius 1 is 1.64 bits per heavy atom. The zero-order valence-corrected chi connectivity index (χ0v) is 8.43. The smallest absolute Gasteiger partial charge is 0.106 e. The Bertz CT molecular complexity index is 268. The third-order valence-corrected chi connectivity index (χ3v) is 2.06. The van der Waals surface area contributed by atoms with Crippen LogP contribution in [0.15, 0.2) is 27.3 Å². The second-order valence-electron chi connectivity index (χ2n) is 2.06. The maximum absolute atomic E-state index is 4.05. The van der Waals surface area contributed by atoms with Gasteiger partial charge in [0, 0.05) is 11.8 Å². The normalized spacial score (nSPS) is 11.7. The summed E-state index contributed by atoms with van der Waals surface area (Å²) in [5.41, 5.74) is 1.86. The van der Waals surface area contributed by atoms with E-state index in [-0.39, 0.29) is 0 Å². The van der Waals surface area contributed by atoms with Crippen molar-refractivity contribution in [1.82, 2.24) is 4.98 Å². The average molecular weight is 231 g/mol. The van der Waals surface area contributed by atoms with E-state index in [0.717, 1.165) is 15.9 Å². The molecule has 0 aliphatic carbocycles. The van der Waals surface area contributed by atoms with E-state index in [0.29, 0.717) is 0 Å². The van der Waals surface area contributed by atoms with Crippen LogP contribution in [0.2, 0.25) is 0 Å². The molecule has 2 nitrogen and oxygen atoms in total. The van der Waals surface area contributed by atoms with Crippen LogP contribution >= 0.6 is 28.7 Å². The molecule has 58 valence electrons. The highest BCUT2D eigenvalue weighted by Crippen LogP contribution is 2.07. The van der Waals surface area contributed by atoms with Crippen molar-refractivity contribution in [1.29, 1.82) is 0 Å². The van der Waals surface area contributed by atoms with E-state index in [1.54, 1.807) is 6.20 Å². The van der Waals surface area contributed by atoms with Gasteiger partial charge in [0.25, 0.3) is 0 Å². The molecule has 0 aromatic carbocycles. The molecule has 0 aliphatic rings. The minimum Gasteiger partial charge on any atom is -0.249 e. The first-order valence-electron chi connectivity index (χ1n) is 3.04. The summed E-state index contributed by atoms with van der Waals surface area (Å²) in [6, 6.07) is 3.81. The Morgan fingerprint density at radius 3 is 2.82 bits per heavy atom. The predicted molar refractivity (Wildman–Crippen MR) is 53.1 cm³/mol. The third kappa shape index (κ3) is 2.31. The summed E-state index contributed by atoms with van der Waals surface area (Å²) >= 11 is 7.05. The zero-order valence-electron chi connectivity index (χ0n) is 5.95. The number of aromatic nitrogens is 1. The van der Waals surface area contributed by atoms with Gasteiger partial charge in [0.05, 0.1) is 5.71 Å². The number of thiol groups is 1. The molecule has 0 saturated carbocycles. The van der Waals surface area contributed by atoms with Gasteiger partial charge in [-0.05, 0) is 47.8 Å². The van der Waals surface area contributed by atoms with Gasteiger partial charge in [-0.2, -0.15) is 0 Å². The summed E-state index contributed by atoms with van der Waals surface area (Å²) in [6.07, 6.45) is 1.75. The number of pyridine rings is 1. The minimum atomic E-state index is 0.827. The predicted octanol–water partition coefficient (Wildman–Crippen LogP) is 2.50. The summed E-state index contributed by atoms with van der Waals surface area (Å²) in [4.78, 5) is 4.05. The molecule has 0 saturated heterocycles. The largest absolute Gasteiger partial charge is 0.249 e. The van der Waals surface area contributed by atoms with Gasteiger partial charge in [0.2, 0.25) is 0 Å². The second-order valence-corrected chi connectivity index (χ2v) is 3.07. The zero-order chi connectivity index (χ0) is 8.27. The van der Waals surface area contributed by atoms with E-state index in [1.807, 2.05) is 19.1 Å². The van der Waals surface area contributed by atoms with Crippen LogP contribution < -0.4 is 0 Å². The molecule has 0 amide bonds. The monoisotopic (exact) mass is 230 g/mol. The lowest BCUT2D eigenvalue weighted by Crippen LogP contribution is -1.93. The third-order valence-electron chi connectivity index (χ3n) is 1.30. The Hall–Kier alpha value is -0.350. The first-order chi connectivity index (χ1) is 5.24. The lowest BCUT2D eigenvalue weighted by molar-refractivity contribution is 1.26. The summed E-state index contributed by atoms with van der Waals surface area (Å²) < 4.78 is 4.57. The van der Waals surface area contributed by atoms with E-state index in [9.17, 15) is 0 Å². The topological polar surface area (TPSA) is 25.2 Å². The SMILES string of the molecule is C/C(=N\S)c1ccc(Br)nc1. The van der Waals surface area contributed by atoms with E-state index in [1.165, 1.54) is 0 Å². The van der Waals surface area contributed by atoms with Crippen LogP contribution in [0.25, 0.3) is 0 Å². The quantitative estimate of drug-likeness (QED) is 0.448. The Kier molecular flexibility index (Phi) is 3.08. The van der Waals surface area contributed by atoms with Crippen molar-refractivity contribution in [2.45, 2.75) is 6.92 Å². The molecule has 0 N–H and O–H groups in total. The number of halogens is 1. The van der Waals surface area contributed by atoms with Gasteiger partial charge < -0.3 is 0 Å². The molecule has 0 unspecified atom stereocenters. The average Bonchev–Trinajstić information content (AvgIpc) is 2.05. The highest BCUT2D eigenvalue weighted by molar-refractivity contribution is 9.10. The number of rotatable bonds is 1. The van der Waals surface area contributed by atoms with Gasteiger partial charge in [-0.1, -0.05) is 0 Å². The Balaban J connectivity index is 2.99. The van der Waals surface area contributed by atoms with Crippen LogP contribution in [0.1, 0.15) is 12.5 Å². The fourth-order valence-electron chi connectivity index (χ4n) is 0.648. The van der Waals surface area contributed by atoms with Gasteiger partial charge in [-0.3, -0.25) is 0 Å². The van der Waals surface area contributed by atoms with Crippen LogP contribution in [0, 0.1) is 0 Å². The maximum atomic E-state index is 4.05. The van der Waals surface area contributed by atoms with Crippen molar-refractivity contribution in [3.8, 4) is 0 Å². The van der Waals surface area contributed by atoms with Gasteiger partial charge in [-0.15, -0.1) is 0 Å². The molecular formula is C7H7BrN2S. The van der Waals surface area contributed by atoms with Gasteiger partial charge in [-0.25, -0.2) is 9.38 Å². The molecule has 0 bridgehead atoms. The van der Waals surface area contributed by atoms with Crippen molar-refractivity contribution < 1.29 is 0 Å². The van der Waals surface area contributed by atoms with Crippen LogP contribution in [0.3, 0.4) is 0 Å². The molecule has 0 aliphatic heterocycles. The summed E-state index contributed by atoms with van der Waals surface area (Å²) in [7, 11) is 0. The first-order valence-corrected chi connectivity index (χ1v) is 4.24. The lowest BCUT2D eigenvalue weighted by atomic mass is 10.2. The molecular weight excluding hydrogens is 224 g/mol. The van der Waals surface area contributed by atoms with Crippen LogP contribution in [0.5, 0.6) is 0 Å². The van der Waals surface area contributed by atoms with Crippen molar-refractivity contribution in [3.05, 3.63) is 28.5 Å². The minimum absolute atomic E-state index is 0.827. The summed E-state index contributed by atoms with van der Waals surface area (Å²) in [6.45, 7) is 1.89. The van der Waals surface area contributed by atoms with E-state index in [2.05, 4.69) is 38.1 Å². The maximum Gasteiger partial charge on any atom is 0.106 e. The van der Waals surface area contributed by atoms with Gasteiger partial charge in [0.15, 0.2) is 0 Å². The Labute approximate surface area is 79.4 Å². The summed E-state index contributed by atoms with van der Waals surface area (Å²) in [5.74, 6) is 0. The molecule has 1 heterocycles. The highest BCUT2D eigenvalue weighted by atomic mass is 79.9. The molecule has 0 atom stereocenters. The van der Waals surface area contributed by atoms with Crippen molar-refractivity contribution in [2.75, 3.05) is 0 Å². The van der Waals surface area contributed by atoms with E-state index >= 15 is 0 Å². The van der Waals surface area contributed by atoms with Crippen molar-refractivity contribution >= 4 is 34.5 Å². The molecule has 4 heteroatoms. The lowest BCUT2D eigenvalue weighted by Gasteiger charge is -1.96. The van der Waals surface area contributed by atoms with Gasteiger partial charge >= 0.3 is 0 Å². The second kappa shape index (κ2) is 3.88. The molecule has 0 spiro atoms. The molecule has 11 heavy (non-hydrogen) atoms. The van der Waals surface area contributed by atoms with Crippen LogP contribution in [-0.2, 0) is 0 Å². The van der Waals surface area contributed by atoms with E-state index < -0.39 is 0 Å². The number of nitrogens with zero attached hydrogens (tertiary/aromatic N) is 2. The number of hydrogen-bond acceptors (Lipinski definition) is 3. The van der Waals surface area contributed by atoms with E-state index in [4.69, 9.17) is 0 Å². The molecule has 0 radical (unpaired) electrons. The number of hydrogen-bond donors (Lipinski definition) is 1. The van der Waals surface area contributed by atoms with Crippen molar-refractivity contribution in [2.24, 2.45) is 4.40 Å². The highest BCUT2D eigenvalue weighted by Gasteiger charge is 1.95. The van der Waals surface area contributed by atoms with Gasteiger partial charge in [0.1, 0.15) is 4.60 Å². The molecule has 1 aromatic rings. The summed E-state index contributed by atoms with van der Waals surface area (Å²) in [5, 5.41) is 0. The molecule has 1 rings (SSSR count).